The van der Waals surface area contributed by atoms with Gasteiger partial charge in [0.1, 0.15) is 11.6 Å². The van der Waals surface area contributed by atoms with Crippen LogP contribution < -0.4 is 4.72 Å². The summed E-state index contributed by atoms with van der Waals surface area (Å²) in [6.07, 6.45) is 3.71. The van der Waals surface area contributed by atoms with Crippen molar-refractivity contribution in [2.45, 2.75) is 69.4 Å². The molecule has 0 bridgehead atoms. The van der Waals surface area contributed by atoms with E-state index in [0.717, 1.165) is 25.3 Å². The van der Waals surface area contributed by atoms with Crippen LogP contribution in [0.25, 0.3) is 0 Å². The van der Waals surface area contributed by atoms with Crippen molar-refractivity contribution in [2.75, 3.05) is 26.2 Å². The number of hydrogen-bond donors (Lipinski definition) is 1. The minimum absolute atomic E-state index is 0.210. The van der Waals surface area contributed by atoms with Gasteiger partial charge in [0.2, 0.25) is 15.9 Å². The average Bonchev–Trinajstić information content (AvgIpc) is 2.81. The van der Waals surface area contributed by atoms with Gasteiger partial charge in [-0.2, -0.15) is 4.72 Å². The van der Waals surface area contributed by atoms with E-state index in [0.29, 0.717) is 12.8 Å². The van der Waals surface area contributed by atoms with Crippen molar-refractivity contribution >= 4 is 27.7 Å². The van der Waals surface area contributed by atoms with Gasteiger partial charge in [-0.3, -0.25) is 14.9 Å². The Hall–Kier alpha value is -2.73. The van der Waals surface area contributed by atoms with Gasteiger partial charge >= 0.3 is 6.09 Å². The number of para-hydroxylation sites is 1. The molecule has 3 rings (SSSR count). The molecule has 194 valence electrons. The topological polar surface area (TPSA) is 139 Å². The number of benzene rings is 1. The van der Waals surface area contributed by atoms with Crippen molar-refractivity contribution in [2.24, 2.45) is 5.92 Å². The van der Waals surface area contributed by atoms with Gasteiger partial charge in [0.25, 0.3) is 5.69 Å². The van der Waals surface area contributed by atoms with Crippen LogP contribution in [0.1, 0.15) is 52.9 Å². The van der Waals surface area contributed by atoms with E-state index in [1.807, 2.05) is 0 Å². The Balaban J connectivity index is 1.78. The number of amides is 2. The van der Waals surface area contributed by atoms with Crippen molar-refractivity contribution in [3.8, 4) is 0 Å². The van der Waals surface area contributed by atoms with Gasteiger partial charge in [-0.25, -0.2) is 13.2 Å². The fourth-order valence-corrected chi connectivity index (χ4v) is 5.94. The zero-order valence-electron chi connectivity index (χ0n) is 20.4. The number of hydrogen-bond acceptors (Lipinski definition) is 7. The summed E-state index contributed by atoms with van der Waals surface area (Å²) in [4.78, 5) is 39.2. The fraction of sp³-hybridized carbons (Fsp3) is 0.652. The number of nitro benzene ring substituents is 1. The van der Waals surface area contributed by atoms with Crippen LogP contribution in [0.4, 0.5) is 10.5 Å². The highest BCUT2D eigenvalue weighted by Gasteiger charge is 2.39. The Bertz CT molecular complexity index is 1040. The quantitative estimate of drug-likeness (QED) is 0.458. The van der Waals surface area contributed by atoms with E-state index in [-0.39, 0.29) is 38.0 Å². The molecule has 1 aromatic rings. The van der Waals surface area contributed by atoms with Crippen LogP contribution in [0, 0.1) is 16.0 Å². The van der Waals surface area contributed by atoms with Crippen molar-refractivity contribution in [1.82, 2.24) is 14.5 Å². The Morgan fingerprint density at radius 3 is 2.20 bits per heavy atom. The number of ether oxygens (including phenoxy) is 1. The molecule has 1 aliphatic heterocycles. The Morgan fingerprint density at radius 1 is 1.06 bits per heavy atom. The number of nitrogens with one attached hydrogen (secondary N) is 1. The molecule has 2 aliphatic rings. The Kier molecular flexibility index (Phi) is 8.37. The number of nitrogens with zero attached hydrogens (tertiary/aromatic N) is 3. The van der Waals surface area contributed by atoms with E-state index in [1.54, 1.807) is 25.7 Å². The van der Waals surface area contributed by atoms with Crippen molar-refractivity contribution < 1.29 is 27.7 Å². The van der Waals surface area contributed by atoms with Crippen LogP contribution in [0.5, 0.6) is 0 Å². The lowest BCUT2D eigenvalue weighted by Gasteiger charge is -2.39. The first-order valence-electron chi connectivity index (χ1n) is 11.9. The first kappa shape index (κ1) is 26.9. The molecule has 1 saturated carbocycles. The normalized spacial score (nSPS) is 18.7. The largest absolute Gasteiger partial charge is 0.444 e. The Morgan fingerprint density at radius 2 is 1.63 bits per heavy atom. The molecule has 1 heterocycles. The predicted molar refractivity (Wildman–Crippen MR) is 128 cm³/mol. The van der Waals surface area contributed by atoms with Crippen LogP contribution in [-0.4, -0.2) is 73.0 Å². The second-order valence-electron chi connectivity index (χ2n) is 10.0. The zero-order valence-corrected chi connectivity index (χ0v) is 21.3. The number of rotatable bonds is 6. The summed E-state index contributed by atoms with van der Waals surface area (Å²) in [5, 5.41) is 11.4. The van der Waals surface area contributed by atoms with Gasteiger partial charge in [-0.1, -0.05) is 31.4 Å². The van der Waals surface area contributed by atoms with Gasteiger partial charge in [-0.05, 0) is 45.6 Å². The molecule has 1 aliphatic carbocycles. The molecule has 35 heavy (non-hydrogen) atoms. The third-order valence-corrected chi connectivity index (χ3v) is 7.75. The lowest BCUT2D eigenvalue weighted by atomic mass is 9.83. The molecule has 11 nitrogen and oxygen atoms in total. The summed E-state index contributed by atoms with van der Waals surface area (Å²) in [6, 6.07) is 4.07. The summed E-state index contributed by atoms with van der Waals surface area (Å²) in [5.74, 6) is -0.583. The average molecular weight is 511 g/mol. The Labute approximate surface area is 206 Å². The van der Waals surface area contributed by atoms with E-state index >= 15 is 0 Å². The number of piperazine rings is 1. The van der Waals surface area contributed by atoms with E-state index in [4.69, 9.17) is 4.74 Å². The predicted octanol–water partition coefficient (Wildman–Crippen LogP) is 2.90. The smallest absolute Gasteiger partial charge is 0.410 e. The molecule has 1 saturated heterocycles. The summed E-state index contributed by atoms with van der Waals surface area (Å²) in [5.41, 5.74) is -1.17. The molecule has 0 radical (unpaired) electrons. The minimum Gasteiger partial charge on any atom is -0.444 e. The molecule has 2 amide bonds. The van der Waals surface area contributed by atoms with Crippen LogP contribution in [-0.2, 0) is 19.6 Å². The van der Waals surface area contributed by atoms with Gasteiger partial charge in [0, 0.05) is 32.2 Å². The maximum Gasteiger partial charge on any atom is 0.410 e. The lowest BCUT2D eigenvalue weighted by molar-refractivity contribution is -0.387. The van der Waals surface area contributed by atoms with E-state index < -0.39 is 43.3 Å². The van der Waals surface area contributed by atoms with Crippen LogP contribution in [0.3, 0.4) is 0 Å². The third-order valence-electron chi connectivity index (χ3n) is 6.26. The number of carbonyl (C=O) groups excluding carboxylic acids is 2. The molecule has 12 heteroatoms. The molecule has 0 unspecified atom stereocenters. The molecule has 1 N–H and O–H groups in total. The molecular formula is C23H34N4O7S. The molecule has 1 aromatic carbocycles. The second-order valence-corrected chi connectivity index (χ2v) is 11.7. The highest BCUT2D eigenvalue weighted by molar-refractivity contribution is 7.89. The number of carbonyl (C=O) groups is 2. The van der Waals surface area contributed by atoms with Crippen LogP contribution in [0.15, 0.2) is 29.2 Å². The van der Waals surface area contributed by atoms with Gasteiger partial charge in [0.05, 0.1) is 4.92 Å². The van der Waals surface area contributed by atoms with Gasteiger partial charge in [-0.15, -0.1) is 0 Å². The first-order chi connectivity index (χ1) is 16.4. The molecule has 0 spiro atoms. The fourth-order valence-electron chi connectivity index (χ4n) is 4.51. The van der Waals surface area contributed by atoms with Crippen LogP contribution >= 0.6 is 0 Å². The highest BCUT2D eigenvalue weighted by Crippen LogP contribution is 2.30. The number of sulfonamides is 1. The summed E-state index contributed by atoms with van der Waals surface area (Å²) >= 11 is 0. The SMILES string of the molecule is CC(C)(C)OC(=O)N1CCN(C(=O)[C@@H](NS(=O)(=O)c2ccccc2[N+](=O)[O-])C2CCCCC2)CC1. The van der Waals surface area contributed by atoms with E-state index in [1.165, 1.54) is 23.1 Å². The van der Waals surface area contributed by atoms with Crippen LogP contribution in [0.2, 0.25) is 0 Å². The summed E-state index contributed by atoms with van der Waals surface area (Å²) < 4.78 is 34.3. The van der Waals surface area contributed by atoms with E-state index in [2.05, 4.69) is 4.72 Å². The summed E-state index contributed by atoms with van der Waals surface area (Å²) in [6.45, 7) is 6.38. The summed E-state index contributed by atoms with van der Waals surface area (Å²) in [7, 11) is -4.34. The van der Waals surface area contributed by atoms with Crippen molar-refractivity contribution in [1.29, 1.82) is 0 Å². The zero-order chi connectivity index (χ0) is 25.8. The van der Waals surface area contributed by atoms with Gasteiger partial charge < -0.3 is 14.5 Å². The maximum absolute atomic E-state index is 13.6. The van der Waals surface area contributed by atoms with Crippen molar-refractivity contribution in [3.05, 3.63) is 34.4 Å². The highest BCUT2D eigenvalue weighted by atomic mass is 32.2. The standard InChI is InChI=1S/C23H34N4O7S/c1-23(2,3)34-22(29)26-15-13-25(14-16-26)21(28)20(17-9-5-4-6-10-17)24-35(32,33)19-12-8-7-11-18(19)27(30)31/h7-8,11-12,17,20,24H,4-6,9-10,13-16H2,1-3H3/t20-/m0/s1. The van der Waals surface area contributed by atoms with Crippen molar-refractivity contribution in [3.63, 3.8) is 0 Å². The lowest BCUT2D eigenvalue weighted by Crippen LogP contribution is -2.58. The molecule has 0 aromatic heterocycles. The van der Waals surface area contributed by atoms with Gasteiger partial charge in [0.15, 0.2) is 4.90 Å². The first-order valence-corrected chi connectivity index (χ1v) is 13.4. The third kappa shape index (κ3) is 6.91. The number of nitro groups is 1. The molecule has 2 fully saturated rings. The molecular weight excluding hydrogens is 476 g/mol. The monoisotopic (exact) mass is 510 g/mol. The van der Waals surface area contributed by atoms with E-state index in [9.17, 15) is 28.1 Å². The maximum atomic E-state index is 13.6. The second kappa shape index (κ2) is 10.9. The molecule has 1 atom stereocenters. The minimum atomic E-state index is -4.34.